The maximum absolute atomic E-state index is 12.1. The van der Waals surface area contributed by atoms with Gasteiger partial charge in [0.1, 0.15) is 5.69 Å². The zero-order valence-corrected chi connectivity index (χ0v) is 14.1. The highest BCUT2D eigenvalue weighted by atomic mass is 16.1. The molecule has 3 heterocycles. The summed E-state index contributed by atoms with van der Waals surface area (Å²) in [5, 5.41) is 6.99. The van der Waals surface area contributed by atoms with Crippen molar-refractivity contribution in [2.45, 2.75) is 26.2 Å². The lowest BCUT2D eigenvalue weighted by Gasteiger charge is -2.30. The van der Waals surface area contributed by atoms with Crippen molar-refractivity contribution < 1.29 is 4.79 Å². The van der Waals surface area contributed by atoms with Crippen LogP contribution in [0.4, 0.5) is 0 Å². The Kier molecular flexibility index (Phi) is 5.53. The molecule has 1 aliphatic heterocycles. The van der Waals surface area contributed by atoms with Crippen LogP contribution in [0, 0.1) is 5.92 Å². The molecule has 0 bridgehead atoms. The van der Waals surface area contributed by atoms with Crippen molar-refractivity contribution in [2.75, 3.05) is 26.2 Å². The molecular weight excluding hydrogens is 304 g/mol. The van der Waals surface area contributed by atoms with Gasteiger partial charge in [-0.25, -0.2) is 14.6 Å². The molecule has 0 aromatic carbocycles. The summed E-state index contributed by atoms with van der Waals surface area (Å²) in [6.07, 6.45) is 10.0. The minimum atomic E-state index is -0.179. The Labute approximate surface area is 142 Å². The van der Waals surface area contributed by atoms with Crippen LogP contribution in [0.2, 0.25) is 0 Å². The number of hydrogen-bond donors (Lipinski definition) is 1. The summed E-state index contributed by atoms with van der Waals surface area (Å²) >= 11 is 0. The lowest BCUT2D eigenvalue weighted by atomic mass is 9.99. The molecule has 0 unspecified atom stereocenters. The van der Waals surface area contributed by atoms with Gasteiger partial charge in [0.15, 0.2) is 5.82 Å². The van der Waals surface area contributed by atoms with Crippen molar-refractivity contribution in [1.29, 1.82) is 0 Å². The molecule has 24 heavy (non-hydrogen) atoms. The van der Waals surface area contributed by atoms with Crippen molar-refractivity contribution in [3.05, 3.63) is 36.5 Å². The second-order valence-electron chi connectivity index (χ2n) is 6.34. The van der Waals surface area contributed by atoms with Gasteiger partial charge in [-0.3, -0.25) is 4.79 Å². The Hall–Kier alpha value is -2.28. The molecule has 2 aromatic rings. The van der Waals surface area contributed by atoms with Crippen molar-refractivity contribution >= 4 is 5.91 Å². The predicted molar refractivity (Wildman–Crippen MR) is 90.9 cm³/mol. The maximum Gasteiger partial charge on any atom is 0.271 e. The fourth-order valence-electron chi connectivity index (χ4n) is 2.84. The summed E-state index contributed by atoms with van der Waals surface area (Å²) in [5.41, 5.74) is 0.331. The molecule has 0 radical (unpaired) electrons. The molecule has 2 aromatic heterocycles. The van der Waals surface area contributed by atoms with Crippen LogP contribution in [0.1, 0.15) is 36.7 Å². The van der Waals surface area contributed by atoms with Crippen LogP contribution >= 0.6 is 0 Å². The molecule has 1 fully saturated rings. The van der Waals surface area contributed by atoms with Gasteiger partial charge in [-0.2, -0.15) is 5.10 Å². The number of likely N-dealkylation sites (tertiary alicyclic amines) is 1. The number of piperidine rings is 1. The molecule has 3 rings (SSSR count). The summed E-state index contributed by atoms with van der Waals surface area (Å²) in [4.78, 5) is 22.9. The number of nitrogens with zero attached hydrogens (tertiary/aromatic N) is 5. The molecule has 0 atom stereocenters. The van der Waals surface area contributed by atoms with E-state index in [-0.39, 0.29) is 5.91 Å². The summed E-state index contributed by atoms with van der Waals surface area (Å²) in [6, 6.07) is 1.81. The number of carbonyl (C=O) groups is 1. The fourth-order valence-corrected chi connectivity index (χ4v) is 2.84. The van der Waals surface area contributed by atoms with E-state index < -0.39 is 0 Å². The van der Waals surface area contributed by atoms with Gasteiger partial charge in [-0.1, -0.05) is 6.92 Å². The number of nitrogens with one attached hydrogen (secondary N) is 1. The van der Waals surface area contributed by atoms with Gasteiger partial charge >= 0.3 is 0 Å². The van der Waals surface area contributed by atoms with Crippen LogP contribution in [0.15, 0.2) is 30.9 Å². The third kappa shape index (κ3) is 4.38. The summed E-state index contributed by atoms with van der Waals surface area (Å²) < 4.78 is 1.61. The first-order valence-corrected chi connectivity index (χ1v) is 8.55. The Morgan fingerprint density at radius 3 is 2.79 bits per heavy atom. The first-order valence-electron chi connectivity index (χ1n) is 8.55. The molecular formula is C17H24N6O. The first kappa shape index (κ1) is 16.6. The molecule has 7 nitrogen and oxygen atoms in total. The van der Waals surface area contributed by atoms with Gasteiger partial charge in [0.25, 0.3) is 5.91 Å². The number of carbonyl (C=O) groups excluding carboxylic acids is 1. The quantitative estimate of drug-likeness (QED) is 0.814. The molecule has 128 valence electrons. The van der Waals surface area contributed by atoms with Crippen molar-refractivity contribution in [3.63, 3.8) is 0 Å². The number of aromatic nitrogens is 4. The molecule has 0 saturated carbocycles. The van der Waals surface area contributed by atoms with Crippen molar-refractivity contribution in [2.24, 2.45) is 5.92 Å². The fraction of sp³-hybridized carbons (Fsp3) is 0.529. The zero-order valence-electron chi connectivity index (χ0n) is 14.1. The molecule has 1 aliphatic rings. The van der Waals surface area contributed by atoms with Crippen LogP contribution in [-0.2, 0) is 0 Å². The molecule has 7 heteroatoms. The predicted octanol–water partition coefficient (Wildman–Crippen LogP) is 1.51. The highest BCUT2D eigenvalue weighted by Crippen LogP contribution is 2.15. The smallest absolute Gasteiger partial charge is 0.271 e. The van der Waals surface area contributed by atoms with Crippen LogP contribution in [0.25, 0.3) is 5.82 Å². The Bertz CT molecular complexity index is 632. The van der Waals surface area contributed by atoms with Gasteiger partial charge in [0.2, 0.25) is 0 Å². The minimum Gasteiger partial charge on any atom is -0.351 e. The number of amides is 1. The largest absolute Gasteiger partial charge is 0.351 e. The molecule has 1 N–H and O–H groups in total. The van der Waals surface area contributed by atoms with E-state index in [2.05, 4.69) is 32.2 Å². The van der Waals surface area contributed by atoms with Crippen molar-refractivity contribution in [1.82, 2.24) is 30.0 Å². The Balaban J connectivity index is 1.40. The standard InChI is InChI=1S/C17H24N6O/c1-14-4-10-22(11-5-14)8-2-6-18-17(24)15-12-20-16(13-19-15)23-9-3-7-21-23/h3,7,9,12-14H,2,4-6,8,10-11H2,1H3,(H,18,24). The summed E-state index contributed by atoms with van der Waals surface area (Å²) in [7, 11) is 0. The monoisotopic (exact) mass is 328 g/mol. The topological polar surface area (TPSA) is 75.9 Å². The second kappa shape index (κ2) is 8.01. The number of rotatable bonds is 6. The van der Waals surface area contributed by atoms with Gasteiger partial charge in [0.05, 0.1) is 12.4 Å². The highest BCUT2D eigenvalue weighted by molar-refractivity contribution is 5.91. The molecule has 0 spiro atoms. The van der Waals surface area contributed by atoms with E-state index in [9.17, 15) is 4.79 Å². The second-order valence-corrected chi connectivity index (χ2v) is 6.34. The van der Waals surface area contributed by atoms with Gasteiger partial charge in [-0.15, -0.1) is 0 Å². The van der Waals surface area contributed by atoms with Gasteiger partial charge in [0, 0.05) is 18.9 Å². The summed E-state index contributed by atoms with van der Waals surface area (Å²) in [5.74, 6) is 1.27. The number of hydrogen-bond acceptors (Lipinski definition) is 5. The molecule has 1 amide bonds. The SMILES string of the molecule is CC1CCN(CCCNC(=O)c2cnc(-n3cccn3)cn2)CC1. The van der Waals surface area contributed by atoms with E-state index in [1.807, 2.05) is 6.07 Å². The van der Waals surface area contributed by atoms with E-state index in [1.165, 1.54) is 32.1 Å². The average Bonchev–Trinajstić information content (AvgIpc) is 3.15. The van der Waals surface area contributed by atoms with E-state index in [0.29, 0.717) is 18.1 Å². The van der Waals surface area contributed by atoms with Crippen LogP contribution < -0.4 is 5.32 Å². The normalized spacial score (nSPS) is 16.2. The lowest BCUT2D eigenvalue weighted by Crippen LogP contribution is -2.35. The average molecular weight is 328 g/mol. The lowest BCUT2D eigenvalue weighted by molar-refractivity contribution is 0.0945. The minimum absolute atomic E-state index is 0.179. The summed E-state index contributed by atoms with van der Waals surface area (Å²) in [6.45, 7) is 6.37. The highest BCUT2D eigenvalue weighted by Gasteiger charge is 2.15. The van der Waals surface area contributed by atoms with Crippen LogP contribution in [-0.4, -0.2) is 56.7 Å². The van der Waals surface area contributed by atoms with Crippen LogP contribution in [0.3, 0.4) is 0 Å². The Morgan fingerprint density at radius 2 is 2.12 bits per heavy atom. The van der Waals surface area contributed by atoms with Gasteiger partial charge in [-0.05, 0) is 50.9 Å². The van der Waals surface area contributed by atoms with E-state index in [0.717, 1.165) is 18.9 Å². The van der Waals surface area contributed by atoms with Crippen LogP contribution in [0.5, 0.6) is 0 Å². The van der Waals surface area contributed by atoms with Crippen molar-refractivity contribution in [3.8, 4) is 5.82 Å². The Morgan fingerprint density at radius 1 is 1.29 bits per heavy atom. The zero-order chi connectivity index (χ0) is 16.8. The van der Waals surface area contributed by atoms with Gasteiger partial charge < -0.3 is 10.2 Å². The third-order valence-corrected chi connectivity index (χ3v) is 4.42. The van der Waals surface area contributed by atoms with E-state index >= 15 is 0 Å². The first-order chi connectivity index (χ1) is 11.7. The molecule has 0 aliphatic carbocycles. The maximum atomic E-state index is 12.1. The van der Waals surface area contributed by atoms with E-state index in [4.69, 9.17) is 0 Å². The molecule has 1 saturated heterocycles. The third-order valence-electron chi connectivity index (χ3n) is 4.42. The van der Waals surface area contributed by atoms with E-state index in [1.54, 1.807) is 23.3 Å².